The Labute approximate surface area is 210 Å². The van der Waals surface area contributed by atoms with Crippen molar-refractivity contribution in [3.05, 3.63) is 33.9 Å². The van der Waals surface area contributed by atoms with E-state index in [-0.39, 0.29) is 36.6 Å². The molecular weight excluding hydrogens is 471 g/mol. The zero-order chi connectivity index (χ0) is 26.2. The molecule has 1 saturated heterocycles. The van der Waals surface area contributed by atoms with Crippen LogP contribution in [0, 0.1) is 12.8 Å². The van der Waals surface area contributed by atoms with Crippen LogP contribution in [0.15, 0.2) is 11.6 Å². The molecule has 2 aliphatic rings. The fourth-order valence-corrected chi connectivity index (χ4v) is 4.88. The first kappa shape index (κ1) is 27.6. The van der Waals surface area contributed by atoms with Crippen molar-refractivity contribution in [2.45, 2.75) is 46.1 Å². The number of rotatable bonds is 12. The lowest BCUT2D eigenvalue weighted by molar-refractivity contribution is -0.137. The highest BCUT2D eigenvalue weighted by Gasteiger charge is 2.32. The van der Waals surface area contributed by atoms with Crippen LogP contribution in [0.4, 0.5) is 10.1 Å². The lowest BCUT2D eigenvalue weighted by atomic mass is 9.89. The van der Waals surface area contributed by atoms with Gasteiger partial charge in [-0.25, -0.2) is 9.18 Å². The monoisotopic (exact) mass is 506 g/mol. The van der Waals surface area contributed by atoms with Crippen LogP contribution in [0.2, 0.25) is 0 Å². The summed E-state index contributed by atoms with van der Waals surface area (Å²) < 4.78 is 29.3. The molecule has 1 unspecified atom stereocenters. The fourth-order valence-electron chi connectivity index (χ4n) is 4.88. The molecule has 0 aliphatic carbocycles. The number of carboxylic acids is 1. The third kappa shape index (κ3) is 6.61. The standard InChI is InChI=1S/C26H35FN2O7/c1-16(18(13-22(31)32)5-4-8-29-9-11-35-12-10-29)6-7-19-24(28-21(30)14-27)23-20(15-36-26(23)33)17(2)25(19)34-3/h6,18H,4-5,7-15H2,1-3H3,(H,28,30)(H,31,32)/b16-6+. The van der Waals surface area contributed by atoms with Gasteiger partial charge < -0.3 is 24.6 Å². The molecule has 9 nitrogen and oxygen atoms in total. The number of anilines is 1. The van der Waals surface area contributed by atoms with Gasteiger partial charge in [-0.1, -0.05) is 11.6 Å². The van der Waals surface area contributed by atoms with E-state index in [9.17, 15) is 23.9 Å². The maximum Gasteiger partial charge on any atom is 0.341 e. The first-order valence-corrected chi connectivity index (χ1v) is 12.2. The number of carbonyl (C=O) groups excluding carboxylic acids is 2. The average molecular weight is 507 g/mol. The first-order valence-electron chi connectivity index (χ1n) is 12.2. The summed E-state index contributed by atoms with van der Waals surface area (Å²) in [6.45, 7) is 6.58. The van der Waals surface area contributed by atoms with Crippen molar-refractivity contribution in [2.75, 3.05) is 51.9 Å². The number of allylic oxidation sites excluding steroid dienone is 2. The van der Waals surface area contributed by atoms with E-state index in [1.54, 1.807) is 6.92 Å². The number of methoxy groups -OCH3 is 1. The molecule has 2 N–H and O–H groups in total. The topological polar surface area (TPSA) is 114 Å². The number of nitrogens with zero attached hydrogens (tertiary/aromatic N) is 1. The maximum atomic E-state index is 13.1. The molecule has 1 amide bonds. The number of cyclic esters (lactones) is 1. The minimum Gasteiger partial charge on any atom is -0.496 e. The van der Waals surface area contributed by atoms with Crippen molar-refractivity contribution >= 4 is 23.5 Å². The molecule has 1 aromatic rings. The third-order valence-corrected chi connectivity index (χ3v) is 6.89. The van der Waals surface area contributed by atoms with Gasteiger partial charge in [0.1, 0.15) is 12.4 Å². The number of morpholine rings is 1. The van der Waals surface area contributed by atoms with Crippen LogP contribution < -0.4 is 10.1 Å². The second-order valence-corrected chi connectivity index (χ2v) is 9.17. The van der Waals surface area contributed by atoms with Crippen molar-refractivity contribution in [1.29, 1.82) is 0 Å². The van der Waals surface area contributed by atoms with Crippen molar-refractivity contribution in [1.82, 2.24) is 4.90 Å². The third-order valence-electron chi connectivity index (χ3n) is 6.89. The van der Waals surface area contributed by atoms with Crippen molar-refractivity contribution in [3.8, 4) is 5.75 Å². The molecule has 0 radical (unpaired) electrons. The van der Waals surface area contributed by atoms with Gasteiger partial charge in [0.05, 0.1) is 38.0 Å². The van der Waals surface area contributed by atoms with Crippen LogP contribution >= 0.6 is 0 Å². The van der Waals surface area contributed by atoms with Gasteiger partial charge in [-0.05, 0) is 51.1 Å². The summed E-state index contributed by atoms with van der Waals surface area (Å²) in [5, 5.41) is 12.0. The molecule has 1 fully saturated rings. The Kier molecular flexibility index (Phi) is 9.83. The number of benzene rings is 1. The molecule has 3 rings (SSSR count). The molecule has 10 heteroatoms. The lowest BCUT2D eigenvalue weighted by Gasteiger charge is -2.27. The predicted molar refractivity (Wildman–Crippen MR) is 131 cm³/mol. The number of esters is 1. The number of nitrogens with one attached hydrogen (secondary N) is 1. The number of carbonyl (C=O) groups is 3. The van der Waals surface area contributed by atoms with Gasteiger partial charge in [0.15, 0.2) is 6.67 Å². The zero-order valence-electron chi connectivity index (χ0n) is 21.2. The van der Waals surface area contributed by atoms with E-state index in [1.165, 1.54) is 7.11 Å². The summed E-state index contributed by atoms with van der Waals surface area (Å²) in [6.07, 6.45) is 3.73. The molecule has 0 aromatic heterocycles. The number of carboxylic acid groups (broad SMARTS) is 1. The zero-order valence-corrected chi connectivity index (χ0v) is 21.2. The number of hydrogen-bond donors (Lipinski definition) is 2. The summed E-state index contributed by atoms with van der Waals surface area (Å²) in [7, 11) is 1.49. The minimum absolute atomic E-state index is 0.00354. The van der Waals surface area contributed by atoms with E-state index < -0.39 is 24.5 Å². The number of alkyl halides is 1. The van der Waals surface area contributed by atoms with Crippen LogP contribution in [0.25, 0.3) is 0 Å². The Balaban J connectivity index is 1.86. The molecule has 1 aromatic carbocycles. The van der Waals surface area contributed by atoms with Crippen molar-refractivity contribution < 1.29 is 38.1 Å². The molecular formula is C26H35FN2O7. The Bertz CT molecular complexity index is 1020. The fraction of sp³-hybridized carbons (Fsp3) is 0.577. The lowest BCUT2D eigenvalue weighted by Crippen LogP contribution is -2.37. The van der Waals surface area contributed by atoms with E-state index in [2.05, 4.69) is 10.2 Å². The molecule has 0 bridgehead atoms. The molecule has 198 valence electrons. The van der Waals surface area contributed by atoms with Crippen molar-refractivity contribution in [3.63, 3.8) is 0 Å². The summed E-state index contributed by atoms with van der Waals surface area (Å²) >= 11 is 0. The molecule has 0 saturated carbocycles. The molecule has 36 heavy (non-hydrogen) atoms. The van der Waals surface area contributed by atoms with Gasteiger partial charge in [0.2, 0.25) is 0 Å². The van der Waals surface area contributed by atoms with Gasteiger partial charge in [0, 0.05) is 24.2 Å². The summed E-state index contributed by atoms with van der Waals surface area (Å²) in [6, 6.07) is 0. The minimum atomic E-state index is -1.24. The molecule has 1 atom stereocenters. The number of aliphatic carboxylic acids is 1. The number of ether oxygens (including phenoxy) is 3. The van der Waals surface area contributed by atoms with Crippen LogP contribution in [-0.2, 0) is 32.1 Å². The summed E-state index contributed by atoms with van der Waals surface area (Å²) in [4.78, 5) is 38.3. The molecule has 0 spiro atoms. The van der Waals surface area contributed by atoms with E-state index in [1.807, 2.05) is 13.0 Å². The normalized spacial score (nSPS) is 16.9. The van der Waals surface area contributed by atoms with Crippen LogP contribution in [-0.4, -0.2) is 74.5 Å². The Morgan fingerprint density at radius 2 is 2.03 bits per heavy atom. The average Bonchev–Trinajstić information content (AvgIpc) is 3.25. The van der Waals surface area contributed by atoms with Gasteiger partial charge in [0.25, 0.3) is 5.91 Å². The first-order chi connectivity index (χ1) is 17.3. The van der Waals surface area contributed by atoms with Crippen LogP contribution in [0.1, 0.15) is 53.2 Å². The van der Waals surface area contributed by atoms with Gasteiger partial charge in [-0.2, -0.15) is 0 Å². The Morgan fingerprint density at radius 1 is 1.31 bits per heavy atom. The highest BCUT2D eigenvalue weighted by Crippen LogP contribution is 2.41. The van der Waals surface area contributed by atoms with E-state index >= 15 is 0 Å². The molecule has 2 aliphatic heterocycles. The second kappa shape index (κ2) is 12.8. The maximum absolute atomic E-state index is 13.1. The van der Waals surface area contributed by atoms with Crippen molar-refractivity contribution in [2.24, 2.45) is 5.92 Å². The van der Waals surface area contributed by atoms with E-state index in [0.29, 0.717) is 42.1 Å². The van der Waals surface area contributed by atoms with Crippen LogP contribution in [0.3, 0.4) is 0 Å². The largest absolute Gasteiger partial charge is 0.496 e. The number of halogens is 1. The predicted octanol–water partition coefficient (Wildman–Crippen LogP) is 3.27. The van der Waals surface area contributed by atoms with Gasteiger partial charge in [-0.3, -0.25) is 14.5 Å². The van der Waals surface area contributed by atoms with E-state index in [4.69, 9.17) is 14.2 Å². The smallest absolute Gasteiger partial charge is 0.341 e. The van der Waals surface area contributed by atoms with Gasteiger partial charge >= 0.3 is 11.9 Å². The quantitative estimate of drug-likeness (QED) is 0.328. The highest BCUT2D eigenvalue weighted by atomic mass is 19.1. The highest BCUT2D eigenvalue weighted by molar-refractivity contribution is 6.06. The second-order valence-electron chi connectivity index (χ2n) is 9.17. The number of hydrogen-bond acceptors (Lipinski definition) is 7. The Hall–Kier alpha value is -2.98. The number of amides is 1. The SMILES string of the molecule is COc1c(C)c2c(c(NC(=O)CF)c1C/C=C(\C)C(CCCN1CCOCC1)CC(=O)O)C(=O)OC2. The molecule has 2 heterocycles. The summed E-state index contributed by atoms with van der Waals surface area (Å²) in [5.74, 6) is -2.02. The van der Waals surface area contributed by atoms with Crippen LogP contribution in [0.5, 0.6) is 5.75 Å². The van der Waals surface area contributed by atoms with Gasteiger partial charge in [-0.15, -0.1) is 0 Å². The summed E-state index contributed by atoms with van der Waals surface area (Å²) in [5.41, 5.74) is 3.13. The number of fused-ring (bicyclic) bond motifs is 1. The van der Waals surface area contributed by atoms with E-state index in [0.717, 1.165) is 31.6 Å². The Morgan fingerprint density at radius 3 is 2.67 bits per heavy atom.